The molecule has 1 heterocycles. The molecule has 0 N–H and O–H groups in total. The van der Waals surface area contributed by atoms with Gasteiger partial charge in [-0.25, -0.2) is 0 Å². The van der Waals surface area contributed by atoms with Crippen LogP contribution in [0.3, 0.4) is 0 Å². The molecule has 2 aliphatic rings. The number of hydrogen-bond acceptors (Lipinski definition) is 1. The standard InChI is InChI=1S/C58H44N2/c1-57(2)49-24-11-7-20-43(49)47-35-40(29-31-51(47)57)59(41-30-32-52-48(36-41)44-21-8-12-25-50(44)58(52,3)4)39-18-15-17-38(34-39)56-42-19-6-5-16-37(42)28-33-55(56)60-53-26-13-9-22-45(53)46-23-10-14-27-54(46)60/h5-36H,1-4H3. The Morgan fingerprint density at radius 2 is 0.850 bits per heavy atom. The number of aromatic nitrogens is 1. The highest BCUT2D eigenvalue weighted by Crippen LogP contribution is 2.53. The van der Waals surface area contributed by atoms with Crippen molar-refractivity contribution in [3.05, 3.63) is 216 Å². The van der Waals surface area contributed by atoms with E-state index in [1.54, 1.807) is 0 Å². The molecule has 0 unspecified atom stereocenters. The number of para-hydroxylation sites is 2. The van der Waals surface area contributed by atoms with Gasteiger partial charge in [-0.15, -0.1) is 0 Å². The van der Waals surface area contributed by atoms with E-state index < -0.39 is 0 Å². The van der Waals surface area contributed by atoms with Crippen molar-refractivity contribution in [1.82, 2.24) is 4.57 Å². The highest BCUT2D eigenvalue weighted by Gasteiger charge is 2.37. The Balaban J connectivity index is 1.11. The summed E-state index contributed by atoms with van der Waals surface area (Å²) in [7, 11) is 0. The molecule has 2 nitrogen and oxygen atoms in total. The summed E-state index contributed by atoms with van der Waals surface area (Å²) in [5.41, 5.74) is 20.0. The van der Waals surface area contributed by atoms with Crippen molar-refractivity contribution in [2.24, 2.45) is 0 Å². The zero-order chi connectivity index (χ0) is 40.3. The Morgan fingerprint density at radius 1 is 0.367 bits per heavy atom. The first-order chi connectivity index (χ1) is 29.3. The van der Waals surface area contributed by atoms with Crippen molar-refractivity contribution in [3.63, 3.8) is 0 Å². The van der Waals surface area contributed by atoms with Gasteiger partial charge in [-0.05, 0) is 115 Å². The van der Waals surface area contributed by atoms with E-state index in [2.05, 4.69) is 231 Å². The molecule has 0 amide bonds. The quantitative estimate of drug-likeness (QED) is 0.169. The van der Waals surface area contributed by atoms with Crippen molar-refractivity contribution >= 4 is 49.6 Å². The molecule has 0 saturated carbocycles. The maximum atomic E-state index is 2.48. The zero-order valence-corrected chi connectivity index (χ0v) is 34.4. The highest BCUT2D eigenvalue weighted by molar-refractivity contribution is 6.11. The molecule has 2 heteroatoms. The summed E-state index contributed by atoms with van der Waals surface area (Å²) in [5.74, 6) is 0. The number of rotatable bonds is 5. The molecule has 60 heavy (non-hydrogen) atoms. The molecule has 0 fully saturated rings. The average molecular weight is 769 g/mol. The van der Waals surface area contributed by atoms with Gasteiger partial charge in [-0.1, -0.05) is 167 Å². The van der Waals surface area contributed by atoms with Gasteiger partial charge >= 0.3 is 0 Å². The van der Waals surface area contributed by atoms with Gasteiger partial charge in [0.05, 0.1) is 16.7 Å². The van der Waals surface area contributed by atoms with Gasteiger partial charge in [-0.2, -0.15) is 0 Å². The summed E-state index contributed by atoms with van der Waals surface area (Å²) in [6.45, 7) is 9.43. The van der Waals surface area contributed by atoms with E-state index in [4.69, 9.17) is 0 Å². The lowest BCUT2D eigenvalue weighted by atomic mass is 9.82. The highest BCUT2D eigenvalue weighted by atomic mass is 15.1. The summed E-state index contributed by atoms with van der Waals surface area (Å²) < 4.78 is 2.47. The molecule has 0 spiro atoms. The van der Waals surface area contributed by atoms with E-state index >= 15 is 0 Å². The van der Waals surface area contributed by atoms with Crippen LogP contribution in [0.4, 0.5) is 17.1 Å². The Hall–Kier alpha value is -7.16. The SMILES string of the molecule is CC1(C)c2ccccc2-c2cc(N(c3cccc(-c4c(-n5c6ccccc6c6ccccc65)ccc5ccccc45)c3)c3ccc4c(c3)-c3ccccc3C4(C)C)ccc21. The number of benzene rings is 9. The van der Waals surface area contributed by atoms with Gasteiger partial charge in [-0.3, -0.25) is 0 Å². The number of hydrogen-bond donors (Lipinski definition) is 0. The first kappa shape index (κ1) is 34.8. The first-order valence-corrected chi connectivity index (χ1v) is 21.2. The third kappa shape index (κ3) is 4.88. The molecule has 0 radical (unpaired) electrons. The van der Waals surface area contributed by atoms with E-state index in [0.717, 1.165) is 17.1 Å². The van der Waals surface area contributed by atoms with Crippen LogP contribution in [0.1, 0.15) is 49.9 Å². The third-order valence-corrected chi connectivity index (χ3v) is 13.8. The van der Waals surface area contributed by atoms with E-state index in [1.807, 2.05) is 0 Å². The summed E-state index contributed by atoms with van der Waals surface area (Å²) in [6.07, 6.45) is 0. The molecule has 0 atom stereocenters. The van der Waals surface area contributed by atoms with Crippen LogP contribution >= 0.6 is 0 Å². The normalized spacial score (nSPS) is 14.3. The number of fused-ring (bicyclic) bond motifs is 10. The molecular formula is C58H44N2. The molecule has 0 saturated heterocycles. The lowest BCUT2D eigenvalue weighted by Crippen LogP contribution is -2.16. The maximum absolute atomic E-state index is 2.48. The number of nitrogens with zero attached hydrogens (tertiary/aromatic N) is 2. The van der Waals surface area contributed by atoms with Crippen LogP contribution in [0, 0.1) is 0 Å². The van der Waals surface area contributed by atoms with Crippen LogP contribution in [-0.4, -0.2) is 4.57 Å². The predicted molar refractivity (Wildman–Crippen MR) is 254 cm³/mol. The molecule has 0 aliphatic heterocycles. The average Bonchev–Trinajstić information content (AvgIpc) is 3.83. The summed E-state index contributed by atoms with van der Waals surface area (Å²) >= 11 is 0. The van der Waals surface area contributed by atoms with Gasteiger partial charge in [0.15, 0.2) is 0 Å². The Kier molecular flexibility index (Phi) is 7.36. The van der Waals surface area contributed by atoms with Crippen LogP contribution in [0.15, 0.2) is 194 Å². The second kappa shape index (κ2) is 12.7. The largest absolute Gasteiger partial charge is 0.310 e. The third-order valence-electron chi connectivity index (χ3n) is 13.8. The summed E-state index contributed by atoms with van der Waals surface area (Å²) in [4.78, 5) is 2.48. The second-order valence-corrected chi connectivity index (χ2v) is 17.7. The van der Waals surface area contributed by atoms with Gasteiger partial charge in [0.1, 0.15) is 0 Å². The molecule has 2 aliphatic carbocycles. The van der Waals surface area contributed by atoms with Crippen molar-refractivity contribution in [2.75, 3.05) is 4.90 Å². The van der Waals surface area contributed by atoms with Crippen molar-refractivity contribution in [3.8, 4) is 39.1 Å². The molecule has 1 aromatic heterocycles. The van der Waals surface area contributed by atoms with Gasteiger partial charge in [0.25, 0.3) is 0 Å². The van der Waals surface area contributed by atoms with E-state index in [1.165, 1.54) is 93.9 Å². The lowest BCUT2D eigenvalue weighted by Gasteiger charge is -2.29. The minimum atomic E-state index is -0.0738. The fourth-order valence-corrected chi connectivity index (χ4v) is 10.9. The fourth-order valence-electron chi connectivity index (χ4n) is 10.9. The summed E-state index contributed by atoms with van der Waals surface area (Å²) in [6, 6.07) is 72.5. The Labute approximate surface area is 351 Å². The van der Waals surface area contributed by atoms with Crippen molar-refractivity contribution in [1.29, 1.82) is 0 Å². The van der Waals surface area contributed by atoms with Gasteiger partial charge < -0.3 is 9.47 Å². The fraction of sp³-hybridized carbons (Fsp3) is 0.103. The zero-order valence-electron chi connectivity index (χ0n) is 34.4. The minimum Gasteiger partial charge on any atom is -0.310 e. The van der Waals surface area contributed by atoms with Crippen LogP contribution in [-0.2, 0) is 10.8 Å². The van der Waals surface area contributed by atoms with E-state index in [9.17, 15) is 0 Å². The second-order valence-electron chi connectivity index (χ2n) is 17.7. The smallest absolute Gasteiger partial charge is 0.0547 e. The molecule has 0 bridgehead atoms. The Bertz CT molecular complexity index is 3230. The molecule has 9 aromatic carbocycles. The van der Waals surface area contributed by atoms with Crippen molar-refractivity contribution < 1.29 is 0 Å². The first-order valence-electron chi connectivity index (χ1n) is 21.2. The van der Waals surface area contributed by atoms with Crippen LogP contribution in [0.25, 0.3) is 71.6 Å². The van der Waals surface area contributed by atoms with Crippen LogP contribution in [0.5, 0.6) is 0 Å². The van der Waals surface area contributed by atoms with Gasteiger partial charge in [0.2, 0.25) is 0 Å². The molecule has 286 valence electrons. The van der Waals surface area contributed by atoms with E-state index in [0.29, 0.717) is 0 Å². The lowest BCUT2D eigenvalue weighted by molar-refractivity contribution is 0.660. The molecular weight excluding hydrogens is 725 g/mol. The number of anilines is 3. The van der Waals surface area contributed by atoms with Crippen molar-refractivity contribution in [2.45, 2.75) is 38.5 Å². The monoisotopic (exact) mass is 768 g/mol. The maximum Gasteiger partial charge on any atom is 0.0547 e. The molecule has 10 aromatic rings. The van der Waals surface area contributed by atoms with Crippen LogP contribution < -0.4 is 4.90 Å². The Morgan fingerprint density at radius 3 is 1.45 bits per heavy atom. The topological polar surface area (TPSA) is 8.17 Å². The predicted octanol–water partition coefficient (Wildman–Crippen LogP) is 15.7. The van der Waals surface area contributed by atoms with E-state index in [-0.39, 0.29) is 10.8 Å². The minimum absolute atomic E-state index is 0.0738. The molecule has 12 rings (SSSR count). The van der Waals surface area contributed by atoms with Gasteiger partial charge in [0, 0.05) is 44.2 Å². The van der Waals surface area contributed by atoms with Crippen LogP contribution in [0.2, 0.25) is 0 Å². The summed E-state index contributed by atoms with van der Waals surface area (Å²) in [5, 5.41) is 4.97.